The van der Waals surface area contributed by atoms with Crippen molar-refractivity contribution in [2.75, 3.05) is 0 Å². The number of allylic oxidation sites excluding steroid dienone is 1. The topological polar surface area (TPSA) is 0 Å². The maximum atomic E-state index is 4.07. The first-order chi connectivity index (χ1) is 7.51. The molecular formula is C17H26. The van der Waals surface area contributed by atoms with E-state index in [1.54, 1.807) is 0 Å². The predicted octanol–water partition coefficient (Wildman–Crippen LogP) is 5.31. The van der Waals surface area contributed by atoms with E-state index >= 15 is 0 Å². The lowest BCUT2D eigenvalue weighted by atomic mass is 9.79. The first-order valence-electron chi connectivity index (χ1n) is 6.34. The number of hydrogen-bond acceptors (Lipinski definition) is 0. The summed E-state index contributed by atoms with van der Waals surface area (Å²) in [5.74, 6) is 0. The van der Waals surface area contributed by atoms with Gasteiger partial charge in [-0.25, -0.2) is 0 Å². The van der Waals surface area contributed by atoms with Gasteiger partial charge in [0, 0.05) is 0 Å². The van der Waals surface area contributed by atoms with Crippen molar-refractivity contribution < 1.29 is 0 Å². The Kier molecular flexibility index (Phi) is 3.57. The molecular weight excluding hydrogens is 204 g/mol. The minimum Gasteiger partial charge on any atom is -0.0955 e. The van der Waals surface area contributed by atoms with Gasteiger partial charge in [-0.3, -0.25) is 0 Å². The maximum absolute atomic E-state index is 4.07. The summed E-state index contributed by atoms with van der Waals surface area (Å²) in [6.07, 6.45) is 0. The average Bonchev–Trinajstić information content (AvgIpc) is 2.14. The molecule has 0 nitrogen and oxygen atoms in total. The SMILES string of the molecule is C=C(C)c1cc(C(C)(C)C)cc(C(C)(C)C)c1. The van der Waals surface area contributed by atoms with Crippen molar-refractivity contribution in [1.82, 2.24) is 0 Å². The standard InChI is InChI=1S/C17H26/c1-12(2)13-9-14(16(3,4)5)11-15(10-13)17(6,7)8/h9-11H,1H2,2-8H3. The zero-order valence-corrected chi connectivity index (χ0v) is 12.4. The lowest BCUT2D eigenvalue weighted by Gasteiger charge is -2.26. The van der Waals surface area contributed by atoms with Gasteiger partial charge < -0.3 is 0 Å². The molecule has 0 atom stereocenters. The molecule has 0 saturated carbocycles. The van der Waals surface area contributed by atoms with Gasteiger partial charge in [-0.05, 0) is 34.4 Å². The molecule has 0 saturated heterocycles. The molecule has 0 aromatic heterocycles. The van der Waals surface area contributed by atoms with Crippen LogP contribution in [0.4, 0.5) is 0 Å². The number of benzene rings is 1. The van der Waals surface area contributed by atoms with Crippen molar-refractivity contribution >= 4 is 5.57 Å². The van der Waals surface area contributed by atoms with Crippen LogP contribution in [0.5, 0.6) is 0 Å². The van der Waals surface area contributed by atoms with E-state index in [1.165, 1.54) is 16.7 Å². The molecule has 0 heteroatoms. The molecule has 0 radical (unpaired) electrons. The second-order valence-electron chi connectivity index (χ2n) is 7.08. The highest BCUT2D eigenvalue weighted by Gasteiger charge is 2.20. The Morgan fingerprint density at radius 2 is 1.18 bits per heavy atom. The molecule has 1 rings (SSSR count). The Hall–Kier alpha value is -1.04. The lowest BCUT2D eigenvalue weighted by Crippen LogP contribution is -2.16. The van der Waals surface area contributed by atoms with Crippen molar-refractivity contribution in [3.05, 3.63) is 41.5 Å². The molecule has 1 aromatic carbocycles. The van der Waals surface area contributed by atoms with Gasteiger partial charge in [0.1, 0.15) is 0 Å². The molecule has 0 aliphatic rings. The predicted molar refractivity (Wildman–Crippen MR) is 78.6 cm³/mol. The molecule has 0 bridgehead atoms. The highest BCUT2D eigenvalue weighted by Crippen LogP contribution is 2.31. The van der Waals surface area contributed by atoms with Crippen molar-refractivity contribution in [2.24, 2.45) is 0 Å². The van der Waals surface area contributed by atoms with Crippen LogP contribution in [0.2, 0.25) is 0 Å². The highest BCUT2D eigenvalue weighted by atomic mass is 14.2. The molecule has 0 spiro atoms. The van der Waals surface area contributed by atoms with E-state index < -0.39 is 0 Å². The van der Waals surface area contributed by atoms with Crippen molar-refractivity contribution in [1.29, 1.82) is 0 Å². The summed E-state index contributed by atoms with van der Waals surface area (Å²) in [5.41, 5.74) is 5.56. The monoisotopic (exact) mass is 230 g/mol. The Bertz CT molecular complexity index is 390. The summed E-state index contributed by atoms with van der Waals surface area (Å²) in [4.78, 5) is 0. The van der Waals surface area contributed by atoms with Crippen LogP contribution in [-0.4, -0.2) is 0 Å². The fraction of sp³-hybridized carbons (Fsp3) is 0.529. The molecule has 0 heterocycles. The first kappa shape index (κ1) is 14.0. The summed E-state index contributed by atoms with van der Waals surface area (Å²) >= 11 is 0. The Morgan fingerprint density at radius 3 is 1.41 bits per heavy atom. The van der Waals surface area contributed by atoms with E-state index in [2.05, 4.69) is 73.2 Å². The number of hydrogen-bond donors (Lipinski definition) is 0. The fourth-order valence-electron chi connectivity index (χ4n) is 1.74. The Balaban J connectivity index is 3.45. The quantitative estimate of drug-likeness (QED) is 0.613. The summed E-state index contributed by atoms with van der Waals surface area (Å²) in [7, 11) is 0. The largest absolute Gasteiger partial charge is 0.0955 e. The normalized spacial score (nSPS) is 12.6. The molecule has 0 N–H and O–H groups in total. The number of rotatable bonds is 1. The molecule has 0 unspecified atom stereocenters. The second kappa shape index (κ2) is 4.33. The Morgan fingerprint density at radius 1 is 0.824 bits per heavy atom. The summed E-state index contributed by atoms with van der Waals surface area (Å²) < 4.78 is 0. The van der Waals surface area contributed by atoms with Crippen LogP contribution in [0.3, 0.4) is 0 Å². The molecule has 0 aliphatic carbocycles. The molecule has 94 valence electrons. The Labute approximate surface area is 107 Å². The van der Waals surface area contributed by atoms with E-state index in [-0.39, 0.29) is 10.8 Å². The third-order valence-corrected chi connectivity index (χ3v) is 3.16. The van der Waals surface area contributed by atoms with E-state index in [9.17, 15) is 0 Å². The van der Waals surface area contributed by atoms with Gasteiger partial charge in [-0.2, -0.15) is 0 Å². The van der Waals surface area contributed by atoms with Crippen LogP contribution < -0.4 is 0 Å². The van der Waals surface area contributed by atoms with Crippen molar-refractivity contribution in [3.63, 3.8) is 0 Å². The van der Waals surface area contributed by atoms with Gasteiger partial charge in [-0.1, -0.05) is 71.9 Å². The zero-order chi connectivity index (χ0) is 13.4. The summed E-state index contributed by atoms with van der Waals surface area (Å²) in [6, 6.07) is 6.89. The third kappa shape index (κ3) is 3.46. The lowest BCUT2D eigenvalue weighted by molar-refractivity contribution is 0.568. The van der Waals surface area contributed by atoms with E-state index in [0.29, 0.717) is 0 Å². The average molecular weight is 230 g/mol. The highest BCUT2D eigenvalue weighted by molar-refractivity contribution is 5.63. The molecule has 17 heavy (non-hydrogen) atoms. The van der Waals surface area contributed by atoms with Gasteiger partial charge in [0.25, 0.3) is 0 Å². The molecule has 0 amide bonds. The van der Waals surface area contributed by atoms with Gasteiger partial charge in [0.2, 0.25) is 0 Å². The van der Waals surface area contributed by atoms with E-state index in [1.807, 2.05) is 0 Å². The minimum absolute atomic E-state index is 0.186. The smallest absolute Gasteiger partial charge is 0.0132 e. The second-order valence-corrected chi connectivity index (χ2v) is 7.08. The van der Waals surface area contributed by atoms with Gasteiger partial charge in [-0.15, -0.1) is 0 Å². The summed E-state index contributed by atoms with van der Waals surface area (Å²) in [6.45, 7) is 19.7. The van der Waals surface area contributed by atoms with E-state index in [4.69, 9.17) is 0 Å². The van der Waals surface area contributed by atoms with Crippen molar-refractivity contribution in [2.45, 2.75) is 59.3 Å². The molecule has 0 aliphatic heterocycles. The zero-order valence-electron chi connectivity index (χ0n) is 12.4. The van der Waals surface area contributed by atoms with Crippen LogP contribution in [0.15, 0.2) is 24.8 Å². The van der Waals surface area contributed by atoms with E-state index in [0.717, 1.165) is 5.57 Å². The van der Waals surface area contributed by atoms with Gasteiger partial charge >= 0.3 is 0 Å². The molecule has 0 fully saturated rings. The van der Waals surface area contributed by atoms with Crippen LogP contribution in [0, 0.1) is 0 Å². The minimum atomic E-state index is 0.186. The van der Waals surface area contributed by atoms with Crippen LogP contribution >= 0.6 is 0 Å². The maximum Gasteiger partial charge on any atom is -0.0132 e. The third-order valence-electron chi connectivity index (χ3n) is 3.16. The fourth-order valence-corrected chi connectivity index (χ4v) is 1.74. The molecule has 1 aromatic rings. The van der Waals surface area contributed by atoms with Gasteiger partial charge in [0.05, 0.1) is 0 Å². The van der Waals surface area contributed by atoms with Crippen LogP contribution in [0.1, 0.15) is 65.2 Å². The van der Waals surface area contributed by atoms with Crippen LogP contribution in [0.25, 0.3) is 5.57 Å². The summed E-state index contributed by atoms with van der Waals surface area (Å²) in [5, 5.41) is 0. The van der Waals surface area contributed by atoms with Crippen molar-refractivity contribution in [3.8, 4) is 0 Å². The first-order valence-corrected chi connectivity index (χ1v) is 6.34. The van der Waals surface area contributed by atoms with Crippen LogP contribution in [-0.2, 0) is 10.8 Å². The van der Waals surface area contributed by atoms with Gasteiger partial charge in [0.15, 0.2) is 0 Å².